The molecule has 3 rings (SSSR count). The Morgan fingerprint density at radius 1 is 1.52 bits per heavy atom. The molecule has 1 aliphatic rings. The Morgan fingerprint density at radius 2 is 2.33 bits per heavy atom. The third-order valence-corrected chi connectivity index (χ3v) is 4.11. The molecule has 2 amide bonds. The van der Waals surface area contributed by atoms with Crippen LogP contribution in [0.25, 0.3) is 0 Å². The molecule has 0 atom stereocenters. The number of amides is 2. The van der Waals surface area contributed by atoms with Crippen LogP contribution in [0.3, 0.4) is 0 Å². The number of thiophene rings is 1. The van der Waals surface area contributed by atoms with E-state index in [0.717, 1.165) is 0 Å². The summed E-state index contributed by atoms with van der Waals surface area (Å²) < 4.78 is 4.92. The number of carbonyl (C=O) groups is 2. The van der Waals surface area contributed by atoms with E-state index in [4.69, 9.17) is 4.52 Å². The number of hydrogen-bond donors (Lipinski definition) is 1. The van der Waals surface area contributed by atoms with E-state index in [2.05, 4.69) is 15.5 Å². The predicted octanol–water partition coefficient (Wildman–Crippen LogP) is 0.828. The van der Waals surface area contributed by atoms with E-state index in [1.54, 1.807) is 17.9 Å². The van der Waals surface area contributed by atoms with Crippen molar-refractivity contribution in [2.45, 2.75) is 13.5 Å². The lowest BCUT2D eigenvalue weighted by Crippen LogP contribution is -2.55. The number of hydrogen-bond acceptors (Lipinski definition) is 6. The first-order chi connectivity index (χ1) is 10.1. The molecule has 0 saturated carbocycles. The van der Waals surface area contributed by atoms with Crippen LogP contribution in [0, 0.1) is 12.8 Å². The lowest BCUT2D eigenvalue weighted by atomic mass is 9.99. The summed E-state index contributed by atoms with van der Waals surface area (Å²) in [7, 11) is 0. The van der Waals surface area contributed by atoms with Gasteiger partial charge in [0.1, 0.15) is 0 Å². The lowest BCUT2D eigenvalue weighted by molar-refractivity contribution is -0.129. The minimum absolute atomic E-state index is 0.0124. The van der Waals surface area contributed by atoms with Crippen LogP contribution in [0.15, 0.2) is 22.0 Å². The maximum Gasteiger partial charge on any atom is 0.263 e. The van der Waals surface area contributed by atoms with Crippen LogP contribution >= 0.6 is 11.3 Å². The molecule has 0 bridgehead atoms. The average Bonchev–Trinajstić information content (AvgIpc) is 3.05. The normalized spacial score (nSPS) is 14.8. The molecule has 1 fully saturated rings. The summed E-state index contributed by atoms with van der Waals surface area (Å²) >= 11 is 1.41. The second kappa shape index (κ2) is 5.65. The van der Waals surface area contributed by atoms with Crippen molar-refractivity contribution in [1.82, 2.24) is 20.4 Å². The van der Waals surface area contributed by atoms with Gasteiger partial charge in [0.2, 0.25) is 11.8 Å². The third kappa shape index (κ3) is 2.94. The van der Waals surface area contributed by atoms with Gasteiger partial charge in [0.15, 0.2) is 5.82 Å². The van der Waals surface area contributed by atoms with Crippen LogP contribution in [0.1, 0.15) is 21.4 Å². The van der Waals surface area contributed by atoms with Crippen LogP contribution < -0.4 is 5.32 Å². The molecule has 1 N–H and O–H groups in total. The molecule has 0 aromatic carbocycles. The molecule has 110 valence electrons. The maximum atomic E-state index is 12.0. The number of aromatic nitrogens is 2. The van der Waals surface area contributed by atoms with Gasteiger partial charge in [0, 0.05) is 13.1 Å². The summed E-state index contributed by atoms with van der Waals surface area (Å²) in [4.78, 5) is 30.3. The number of rotatable bonds is 4. The summed E-state index contributed by atoms with van der Waals surface area (Å²) in [6.45, 7) is 2.83. The first kappa shape index (κ1) is 13.7. The summed E-state index contributed by atoms with van der Waals surface area (Å²) in [5.41, 5.74) is 0. The quantitative estimate of drug-likeness (QED) is 0.904. The fourth-order valence-electron chi connectivity index (χ4n) is 2.09. The second-order valence-electron chi connectivity index (χ2n) is 4.84. The van der Waals surface area contributed by atoms with Gasteiger partial charge in [-0.2, -0.15) is 4.98 Å². The maximum absolute atomic E-state index is 12.0. The Bertz CT molecular complexity index is 646. The molecule has 0 unspecified atom stereocenters. The smallest absolute Gasteiger partial charge is 0.263 e. The highest BCUT2D eigenvalue weighted by molar-refractivity contribution is 7.12. The van der Waals surface area contributed by atoms with E-state index >= 15 is 0 Å². The van der Waals surface area contributed by atoms with E-state index in [1.807, 2.05) is 11.4 Å². The third-order valence-electron chi connectivity index (χ3n) is 3.25. The molecule has 8 heteroatoms. The number of nitrogens with one attached hydrogen (secondary N) is 1. The summed E-state index contributed by atoms with van der Waals surface area (Å²) in [6.07, 6.45) is 0. The van der Waals surface area contributed by atoms with Gasteiger partial charge in [0.05, 0.1) is 17.3 Å². The number of carbonyl (C=O) groups excluding carboxylic acids is 2. The molecule has 2 aromatic rings. The molecule has 0 aliphatic carbocycles. The van der Waals surface area contributed by atoms with Gasteiger partial charge in [0.25, 0.3) is 5.91 Å². The highest BCUT2D eigenvalue weighted by atomic mass is 32.1. The van der Waals surface area contributed by atoms with Gasteiger partial charge < -0.3 is 14.7 Å². The highest BCUT2D eigenvalue weighted by Gasteiger charge is 2.36. The monoisotopic (exact) mass is 306 g/mol. The molecule has 21 heavy (non-hydrogen) atoms. The van der Waals surface area contributed by atoms with Crippen molar-refractivity contribution < 1.29 is 14.1 Å². The van der Waals surface area contributed by atoms with E-state index in [0.29, 0.717) is 29.7 Å². The Balaban J connectivity index is 1.45. The van der Waals surface area contributed by atoms with Crippen molar-refractivity contribution >= 4 is 23.2 Å². The molecule has 3 heterocycles. The van der Waals surface area contributed by atoms with E-state index in [1.165, 1.54) is 11.3 Å². The fraction of sp³-hybridized carbons (Fsp3) is 0.385. The van der Waals surface area contributed by atoms with Gasteiger partial charge in [-0.05, 0) is 18.4 Å². The molecule has 2 aromatic heterocycles. The van der Waals surface area contributed by atoms with Crippen LogP contribution in [-0.2, 0) is 11.3 Å². The van der Waals surface area contributed by atoms with Crippen molar-refractivity contribution in [3.05, 3.63) is 34.1 Å². The number of likely N-dealkylation sites (tertiary alicyclic amines) is 1. The molecular weight excluding hydrogens is 292 g/mol. The predicted molar refractivity (Wildman–Crippen MR) is 74.6 cm³/mol. The van der Waals surface area contributed by atoms with Crippen LogP contribution in [0.5, 0.6) is 0 Å². The zero-order valence-corrected chi connectivity index (χ0v) is 12.2. The van der Waals surface area contributed by atoms with E-state index in [9.17, 15) is 9.59 Å². The Labute approximate surface area is 124 Å². The van der Waals surface area contributed by atoms with Crippen LogP contribution in [-0.4, -0.2) is 39.9 Å². The van der Waals surface area contributed by atoms with Crippen molar-refractivity contribution in [2.75, 3.05) is 13.1 Å². The average molecular weight is 306 g/mol. The zero-order chi connectivity index (χ0) is 14.8. The standard InChI is InChI=1S/C13H14N4O3S/c1-8-15-11(20-16-8)5-14-12(18)9-6-17(7-9)13(19)10-3-2-4-21-10/h2-4,9H,5-7H2,1H3,(H,14,18). The molecular formula is C13H14N4O3S. The second-order valence-corrected chi connectivity index (χ2v) is 5.79. The van der Waals surface area contributed by atoms with E-state index in [-0.39, 0.29) is 24.3 Å². The zero-order valence-electron chi connectivity index (χ0n) is 11.4. The Morgan fingerprint density at radius 3 is 2.95 bits per heavy atom. The topological polar surface area (TPSA) is 88.3 Å². The van der Waals surface area contributed by atoms with Crippen molar-refractivity contribution in [3.63, 3.8) is 0 Å². The van der Waals surface area contributed by atoms with Gasteiger partial charge in [-0.1, -0.05) is 11.2 Å². The Kier molecular flexibility index (Phi) is 3.70. The highest BCUT2D eigenvalue weighted by Crippen LogP contribution is 2.21. The van der Waals surface area contributed by atoms with Crippen molar-refractivity contribution in [3.8, 4) is 0 Å². The molecule has 1 aliphatic heterocycles. The van der Waals surface area contributed by atoms with Crippen molar-refractivity contribution in [2.24, 2.45) is 5.92 Å². The first-order valence-electron chi connectivity index (χ1n) is 6.53. The molecule has 7 nitrogen and oxygen atoms in total. The minimum Gasteiger partial charge on any atom is -0.347 e. The minimum atomic E-state index is -0.169. The summed E-state index contributed by atoms with van der Waals surface area (Å²) in [6, 6.07) is 3.63. The number of aryl methyl sites for hydroxylation is 1. The van der Waals surface area contributed by atoms with Gasteiger partial charge in [-0.3, -0.25) is 9.59 Å². The van der Waals surface area contributed by atoms with Crippen molar-refractivity contribution in [1.29, 1.82) is 0 Å². The fourth-order valence-corrected chi connectivity index (χ4v) is 2.78. The SMILES string of the molecule is Cc1noc(CNC(=O)C2CN(C(=O)c3cccs3)C2)n1. The van der Waals surface area contributed by atoms with Crippen LogP contribution in [0.4, 0.5) is 0 Å². The lowest BCUT2D eigenvalue weighted by Gasteiger charge is -2.37. The van der Waals surface area contributed by atoms with Crippen LogP contribution in [0.2, 0.25) is 0 Å². The van der Waals surface area contributed by atoms with Gasteiger partial charge >= 0.3 is 0 Å². The largest absolute Gasteiger partial charge is 0.347 e. The number of nitrogens with zero attached hydrogens (tertiary/aromatic N) is 3. The van der Waals surface area contributed by atoms with Gasteiger partial charge in [-0.15, -0.1) is 11.3 Å². The van der Waals surface area contributed by atoms with Gasteiger partial charge in [-0.25, -0.2) is 0 Å². The summed E-state index contributed by atoms with van der Waals surface area (Å²) in [5, 5.41) is 8.25. The van der Waals surface area contributed by atoms with E-state index < -0.39 is 0 Å². The molecule has 0 spiro atoms. The summed E-state index contributed by atoms with van der Waals surface area (Å²) in [5.74, 6) is 0.642. The molecule has 0 radical (unpaired) electrons. The Hall–Kier alpha value is -2.22. The first-order valence-corrected chi connectivity index (χ1v) is 7.41. The molecule has 1 saturated heterocycles.